The monoisotopic (exact) mass is 250 g/mol. The molecule has 0 spiro atoms. The standard InChI is InChI=1S/C14H26N4/c1-3-18-14(11-13(2)16-18)12-15-7-10-17-8-5-4-6-9-17/h11,15H,3-10,12H2,1-2H3. The van der Waals surface area contributed by atoms with E-state index in [4.69, 9.17) is 0 Å². The molecule has 1 saturated heterocycles. The number of aryl methyl sites for hydroxylation is 2. The van der Waals surface area contributed by atoms with Gasteiger partial charge in [-0.05, 0) is 45.8 Å². The van der Waals surface area contributed by atoms with Crippen molar-refractivity contribution >= 4 is 0 Å². The van der Waals surface area contributed by atoms with Gasteiger partial charge in [-0.2, -0.15) is 5.10 Å². The molecule has 0 aliphatic carbocycles. The van der Waals surface area contributed by atoms with Gasteiger partial charge in [0.05, 0.1) is 11.4 Å². The van der Waals surface area contributed by atoms with Crippen LogP contribution < -0.4 is 5.32 Å². The van der Waals surface area contributed by atoms with Gasteiger partial charge in [-0.25, -0.2) is 0 Å². The second-order valence-electron chi connectivity index (χ2n) is 5.17. The molecule has 0 aromatic carbocycles. The Labute approximate surface area is 110 Å². The molecule has 2 heterocycles. The highest BCUT2D eigenvalue weighted by molar-refractivity contribution is 5.08. The van der Waals surface area contributed by atoms with Gasteiger partial charge in [0, 0.05) is 26.2 Å². The van der Waals surface area contributed by atoms with Crippen LogP contribution in [-0.2, 0) is 13.1 Å². The number of hydrogen-bond acceptors (Lipinski definition) is 3. The number of hydrogen-bond donors (Lipinski definition) is 1. The second-order valence-corrected chi connectivity index (χ2v) is 5.17. The molecule has 1 aromatic heterocycles. The van der Waals surface area contributed by atoms with Gasteiger partial charge in [0.15, 0.2) is 0 Å². The molecule has 0 amide bonds. The molecule has 18 heavy (non-hydrogen) atoms. The molecule has 0 radical (unpaired) electrons. The number of nitrogens with one attached hydrogen (secondary N) is 1. The Hall–Kier alpha value is -0.870. The van der Waals surface area contributed by atoms with Crippen LogP contribution in [-0.4, -0.2) is 40.9 Å². The summed E-state index contributed by atoms with van der Waals surface area (Å²) >= 11 is 0. The Bertz CT molecular complexity index is 353. The molecule has 1 aromatic rings. The van der Waals surface area contributed by atoms with Gasteiger partial charge in [0.25, 0.3) is 0 Å². The van der Waals surface area contributed by atoms with Crippen molar-refractivity contribution in [1.82, 2.24) is 20.0 Å². The minimum atomic E-state index is 0.933. The Morgan fingerprint density at radius 1 is 1.28 bits per heavy atom. The van der Waals surface area contributed by atoms with Crippen molar-refractivity contribution in [3.63, 3.8) is 0 Å². The van der Waals surface area contributed by atoms with Crippen LogP contribution in [0.5, 0.6) is 0 Å². The molecule has 1 fully saturated rings. The summed E-state index contributed by atoms with van der Waals surface area (Å²) in [5, 5.41) is 8.00. The maximum atomic E-state index is 4.46. The predicted molar refractivity (Wildman–Crippen MR) is 74.6 cm³/mol. The quantitative estimate of drug-likeness (QED) is 0.781. The summed E-state index contributed by atoms with van der Waals surface area (Å²) in [6, 6.07) is 2.18. The summed E-state index contributed by atoms with van der Waals surface area (Å²) in [5.74, 6) is 0. The Morgan fingerprint density at radius 2 is 2.06 bits per heavy atom. The number of nitrogens with zero attached hydrogens (tertiary/aromatic N) is 3. The van der Waals surface area contributed by atoms with Gasteiger partial charge in [-0.1, -0.05) is 6.42 Å². The smallest absolute Gasteiger partial charge is 0.0597 e. The van der Waals surface area contributed by atoms with E-state index in [1.165, 1.54) is 44.6 Å². The highest BCUT2D eigenvalue weighted by atomic mass is 15.3. The van der Waals surface area contributed by atoms with Crippen LogP contribution in [0.1, 0.15) is 37.6 Å². The molecule has 0 atom stereocenters. The lowest BCUT2D eigenvalue weighted by Crippen LogP contribution is -2.35. The first kappa shape index (κ1) is 13.6. The Morgan fingerprint density at radius 3 is 2.78 bits per heavy atom. The number of likely N-dealkylation sites (tertiary alicyclic amines) is 1. The lowest BCUT2D eigenvalue weighted by atomic mass is 10.1. The molecule has 0 unspecified atom stereocenters. The van der Waals surface area contributed by atoms with E-state index in [-0.39, 0.29) is 0 Å². The van der Waals surface area contributed by atoms with Crippen LogP contribution in [0.15, 0.2) is 6.07 Å². The molecular weight excluding hydrogens is 224 g/mol. The first-order valence-electron chi connectivity index (χ1n) is 7.26. The van der Waals surface area contributed by atoms with Crippen molar-refractivity contribution in [1.29, 1.82) is 0 Å². The van der Waals surface area contributed by atoms with Crippen molar-refractivity contribution < 1.29 is 0 Å². The van der Waals surface area contributed by atoms with Gasteiger partial charge >= 0.3 is 0 Å². The molecule has 4 heteroatoms. The van der Waals surface area contributed by atoms with E-state index < -0.39 is 0 Å². The molecule has 2 rings (SSSR count). The van der Waals surface area contributed by atoms with Gasteiger partial charge in [-0.15, -0.1) is 0 Å². The summed E-state index contributed by atoms with van der Waals surface area (Å²) in [6.45, 7) is 10.9. The van der Waals surface area contributed by atoms with Crippen LogP contribution in [0, 0.1) is 6.92 Å². The Kier molecular flexibility index (Phi) is 5.20. The summed E-state index contributed by atoms with van der Waals surface area (Å²) in [7, 11) is 0. The van der Waals surface area contributed by atoms with Crippen molar-refractivity contribution in [3.05, 3.63) is 17.5 Å². The van der Waals surface area contributed by atoms with E-state index in [0.29, 0.717) is 0 Å². The maximum Gasteiger partial charge on any atom is 0.0597 e. The highest BCUT2D eigenvalue weighted by Crippen LogP contribution is 2.07. The summed E-state index contributed by atoms with van der Waals surface area (Å²) < 4.78 is 2.09. The number of rotatable bonds is 6. The number of piperidine rings is 1. The predicted octanol–water partition coefficient (Wildman–Crippen LogP) is 1.79. The minimum Gasteiger partial charge on any atom is -0.310 e. The summed E-state index contributed by atoms with van der Waals surface area (Å²) in [6.07, 6.45) is 4.17. The van der Waals surface area contributed by atoms with Gasteiger partial charge in [0.1, 0.15) is 0 Å². The van der Waals surface area contributed by atoms with Crippen molar-refractivity contribution in [3.8, 4) is 0 Å². The molecule has 0 saturated carbocycles. The van der Waals surface area contributed by atoms with E-state index in [9.17, 15) is 0 Å². The van der Waals surface area contributed by atoms with Crippen molar-refractivity contribution in [2.24, 2.45) is 0 Å². The number of aromatic nitrogens is 2. The van der Waals surface area contributed by atoms with Crippen LogP contribution in [0.2, 0.25) is 0 Å². The van der Waals surface area contributed by atoms with E-state index in [0.717, 1.165) is 25.3 Å². The average Bonchev–Trinajstić information content (AvgIpc) is 2.76. The van der Waals surface area contributed by atoms with E-state index in [1.807, 2.05) is 0 Å². The Balaban J connectivity index is 1.68. The highest BCUT2D eigenvalue weighted by Gasteiger charge is 2.09. The largest absolute Gasteiger partial charge is 0.310 e. The average molecular weight is 250 g/mol. The molecule has 1 aliphatic heterocycles. The van der Waals surface area contributed by atoms with Crippen molar-refractivity contribution in [2.45, 2.75) is 46.2 Å². The topological polar surface area (TPSA) is 33.1 Å². The third-order valence-electron chi connectivity index (χ3n) is 3.64. The zero-order valence-electron chi connectivity index (χ0n) is 11.8. The zero-order chi connectivity index (χ0) is 12.8. The van der Waals surface area contributed by atoms with Gasteiger partial charge in [0.2, 0.25) is 0 Å². The molecule has 0 bridgehead atoms. The van der Waals surface area contributed by atoms with Crippen LogP contribution in [0.4, 0.5) is 0 Å². The van der Waals surface area contributed by atoms with E-state index in [2.05, 4.69) is 39.9 Å². The lowest BCUT2D eigenvalue weighted by Gasteiger charge is -2.26. The SMILES string of the molecule is CCn1nc(C)cc1CNCCN1CCCCC1. The second kappa shape index (κ2) is 6.90. The van der Waals surface area contributed by atoms with Crippen molar-refractivity contribution in [2.75, 3.05) is 26.2 Å². The first-order valence-corrected chi connectivity index (χ1v) is 7.26. The van der Waals surface area contributed by atoms with Crippen LogP contribution in [0.3, 0.4) is 0 Å². The molecule has 1 N–H and O–H groups in total. The maximum absolute atomic E-state index is 4.46. The summed E-state index contributed by atoms with van der Waals surface area (Å²) in [5.41, 5.74) is 2.42. The zero-order valence-corrected chi connectivity index (χ0v) is 11.8. The third kappa shape index (κ3) is 3.82. The molecule has 102 valence electrons. The van der Waals surface area contributed by atoms with E-state index in [1.54, 1.807) is 0 Å². The normalized spacial score (nSPS) is 17.2. The van der Waals surface area contributed by atoms with E-state index >= 15 is 0 Å². The molecule has 4 nitrogen and oxygen atoms in total. The third-order valence-corrected chi connectivity index (χ3v) is 3.64. The van der Waals surface area contributed by atoms with Gasteiger partial charge < -0.3 is 10.2 Å². The fraction of sp³-hybridized carbons (Fsp3) is 0.786. The summed E-state index contributed by atoms with van der Waals surface area (Å²) in [4.78, 5) is 2.57. The van der Waals surface area contributed by atoms with Crippen LogP contribution in [0.25, 0.3) is 0 Å². The molecular formula is C14H26N4. The molecule has 1 aliphatic rings. The fourth-order valence-electron chi connectivity index (χ4n) is 2.65. The minimum absolute atomic E-state index is 0.933. The first-order chi connectivity index (χ1) is 8.79. The van der Waals surface area contributed by atoms with Gasteiger partial charge in [-0.3, -0.25) is 4.68 Å². The fourth-order valence-corrected chi connectivity index (χ4v) is 2.65. The van der Waals surface area contributed by atoms with Crippen LogP contribution >= 0.6 is 0 Å². The lowest BCUT2D eigenvalue weighted by molar-refractivity contribution is 0.228.